The molecule has 20 heavy (non-hydrogen) atoms. The molecule has 2 unspecified atom stereocenters. The molecule has 110 valence electrons. The smallest absolute Gasteiger partial charge is 0.272 e. The maximum atomic E-state index is 11.9. The minimum absolute atomic E-state index is 0.0756. The number of hydrogen-bond acceptors (Lipinski definition) is 4. The minimum atomic E-state index is -0.0756. The van der Waals surface area contributed by atoms with Gasteiger partial charge in [0.25, 0.3) is 5.91 Å². The van der Waals surface area contributed by atoms with Gasteiger partial charge in [-0.15, -0.1) is 0 Å². The third kappa shape index (κ3) is 3.28. The molecule has 0 bridgehead atoms. The van der Waals surface area contributed by atoms with Crippen LogP contribution in [-0.2, 0) is 0 Å². The number of piperidine rings is 1. The maximum absolute atomic E-state index is 11.9. The number of hydrazine groups is 1. The number of aromatic nitrogens is 1. The highest BCUT2D eigenvalue weighted by Gasteiger charge is 2.24. The molecule has 1 fully saturated rings. The van der Waals surface area contributed by atoms with Crippen LogP contribution in [0.2, 0.25) is 0 Å². The van der Waals surface area contributed by atoms with Gasteiger partial charge in [0.2, 0.25) is 0 Å². The molecular weight excluding hydrogens is 252 g/mol. The maximum Gasteiger partial charge on any atom is 0.272 e. The van der Waals surface area contributed by atoms with E-state index in [1.807, 2.05) is 12.1 Å². The van der Waals surface area contributed by atoms with Crippen LogP contribution in [0, 0.1) is 0 Å². The second-order valence-corrected chi connectivity index (χ2v) is 5.78. The topological polar surface area (TPSA) is 48.5 Å². The monoisotopic (exact) mass is 276 g/mol. The van der Waals surface area contributed by atoms with E-state index < -0.39 is 0 Å². The van der Waals surface area contributed by atoms with Crippen LogP contribution in [0.5, 0.6) is 0 Å². The lowest BCUT2D eigenvalue weighted by atomic mass is 10.00. The molecule has 1 amide bonds. The van der Waals surface area contributed by atoms with Crippen molar-refractivity contribution >= 4 is 11.6 Å². The van der Waals surface area contributed by atoms with E-state index in [4.69, 9.17) is 0 Å². The van der Waals surface area contributed by atoms with Gasteiger partial charge in [-0.05, 0) is 38.8 Å². The van der Waals surface area contributed by atoms with Crippen LogP contribution in [0.3, 0.4) is 0 Å². The van der Waals surface area contributed by atoms with Crippen LogP contribution in [0.25, 0.3) is 0 Å². The molecule has 1 aromatic heterocycles. The summed E-state index contributed by atoms with van der Waals surface area (Å²) in [5.74, 6) is -0.0756. The molecule has 0 radical (unpaired) electrons. The molecule has 0 spiro atoms. The molecule has 1 aliphatic rings. The summed E-state index contributed by atoms with van der Waals surface area (Å²) in [7, 11) is 3.47. The number of anilines is 1. The van der Waals surface area contributed by atoms with Crippen molar-refractivity contribution in [2.75, 3.05) is 19.5 Å². The summed E-state index contributed by atoms with van der Waals surface area (Å²) in [5.41, 5.74) is 4.83. The average Bonchev–Trinajstić information content (AvgIpc) is 2.42. The lowest BCUT2D eigenvalue weighted by Gasteiger charge is -2.39. The number of amides is 1. The minimum Gasteiger partial charge on any atom is -0.343 e. The number of nitrogens with zero attached hydrogens (tertiary/aromatic N) is 3. The fourth-order valence-electron chi connectivity index (χ4n) is 2.64. The predicted molar refractivity (Wildman–Crippen MR) is 80.5 cm³/mol. The Morgan fingerprint density at radius 1 is 1.35 bits per heavy atom. The fourth-order valence-corrected chi connectivity index (χ4v) is 2.64. The van der Waals surface area contributed by atoms with E-state index in [-0.39, 0.29) is 5.91 Å². The van der Waals surface area contributed by atoms with Crippen molar-refractivity contribution in [1.29, 1.82) is 0 Å². The predicted octanol–water partition coefficient (Wildman–Crippen LogP) is 2.37. The van der Waals surface area contributed by atoms with E-state index in [1.54, 1.807) is 20.3 Å². The van der Waals surface area contributed by atoms with Gasteiger partial charge in [-0.2, -0.15) is 0 Å². The highest BCUT2D eigenvalue weighted by atomic mass is 16.2. The van der Waals surface area contributed by atoms with Gasteiger partial charge in [-0.1, -0.05) is 6.42 Å². The van der Waals surface area contributed by atoms with Crippen LogP contribution >= 0.6 is 0 Å². The number of pyridine rings is 1. The first-order valence-corrected chi connectivity index (χ1v) is 7.21. The van der Waals surface area contributed by atoms with Crippen molar-refractivity contribution < 1.29 is 4.79 Å². The van der Waals surface area contributed by atoms with Crippen molar-refractivity contribution in [3.05, 3.63) is 24.0 Å². The molecule has 0 aliphatic carbocycles. The van der Waals surface area contributed by atoms with Gasteiger partial charge < -0.3 is 10.3 Å². The number of carbonyl (C=O) groups excluding carboxylic acids is 1. The van der Waals surface area contributed by atoms with Gasteiger partial charge in [0.15, 0.2) is 0 Å². The van der Waals surface area contributed by atoms with Crippen LogP contribution in [0.15, 0.2) is 18.3 Å². The molecule has 0 aromatic carbocycles. The quantitative estimate of drug-likeness (QED) is 0.921. The molecular formula is C15H24N4O. The summed E-state index contributed by atoms with van der Waals surface area (Å²) in [6.07, 6.45) is 5.36. The summed E-state index contributed by atoms with van der Waals surface area (Å²) in [6, 6.07) is 4.72. The van der Waals surface area contributed by atoms with Crippen LogP contribution in [0.1, 0.15) is 43.6 Å². The number of nitrogens with one attached hydrogen (secondary N) is 1. The summed E-state index contributed by atoms with van der Waals surface area (Å²) < 4.78 is 0. The molecule has 0 saturated carbocycles. The Balaban J connectivity index is 2.13. The molecule has 1 saturated heterocycles. The molecule has 2 rings (SSSR count). The van der Waals surface area contributed by atoms with Gasteiger partial charge in [0, 0.05) is 32.4 Å². The first-order valence-electron chi connectivity index (χ1n) is 7.21. The lowest BCUT2D eigenvalue weighted by molar-refractivity contribution is 0.0822. The first-order chi connectivity index (χ1) is 9.49. The zero-order valence-corrected chi connectivity index (χ0v) is 12.8. The SMILES string of the molecule is CC1CCCC(C)N1Nc1ccnc(C(=O)N(C)C)c1. The van der Waals surface area contributed by atoms with E-state index >= 15 is 0 Å². The molecule has 2 heterocycles. The van der Waals surface area contributed by atoms with E-state index in [9.17, 15) is 4.79 Å². The van der Waals surface area contributed by atoms with Crippen molar-refractivity contribution in [3.8, 4) is 0 Å². The van der Waals surface area contributed by atoms with Crippen molar-refractivity contribution in [2.45, 2.75) is 45.2 Å². The Morgan fingerprint density at radius 2 is 2.00 bits per heavy atom. The molecule has 2 atom stereocenters. The normalized spacial score (nSPS) is 23.4. The second-order valence-electron chi connectivity index (χ2n) is 5.78. The Morgan fingerprint density at radius 3 is 2.60 bits per heavy atom. The van der Waals surface area contributed by atoms with E-state index in [1.165, 1.54) is 24.2 Å². The van der Waals surface area contributed by atoms with Crippen LogP contribution < -0.4 is 5.43 Å². The molecule has 1 N–H and O–H groups in total. The Bertz CT molecular complexity index is 465. The summed E-state index contributed by atoms with van der Waals surface area (Å²) >= 11 is 0. The standard InChI is InChI=1S/C15H24N4O/c1-11-6-5-7-12(2)19(11)17-13-8-9-16-14(10-13)15(20)18(3)4/h8-12H,5-7H2,1-4H3,(H,16,17). The largest absolute Gasteiger partial charge is 0.343 e. The summed E-state index contributed by atoms with van der Waals surface area (Å²) in [4.78, 5) is 17.6. The number of hydrogen-bond donors (Lipinski definition) is 1. The van der Waals surface area contributed by atoms with Crippen LogP contribution in [0.4, 0.5) is 5.69 Å². The zero-order chi connectivity index (χ0) is 14.7. The number of rotatable bonds is 3. The highest BCUT2D eigenvalue weighted by Crippen LogP contribution is 2.23. The Labute approximate surface area is 120 Å². The molecule has 1 aromatic rings. The second kappa shape index (κ2) is 6.22. The van der Waals surface area contributed by atoms with E-state index in [2.05, 4.69) is 29.3 Å². The third-order valence-electron chi connectivity index (χ3n) is 3.84. The highest BCUT2D eigenvalue weighted by molar-refractivity contribution is 5.92. The third-order valence-corrected chi connectivity index (χ3v) is 3.84. The van der Waals surface area contributed by atoms with E-state index in [0.29, 0.717) is 17.8 Å². The summed E-state index contributed by atoms with van der Waals surface area (Å²) in [5, 5.41) is 2.28. The Hall–Kier alpha value is -1.62. The summed E-state index contributed by atoms with van der Waals surface area (Å²) in [6.45, 7) is 4.46. The van der Waals surface area contributed by atoms with Gasteiger partial charge in [-0.3, -0.25) is 9.78 Å². The van der Waals surface area contributed by atoms with Crippen molar-refractivity contribution in [1.82, 2.24) is 14.9 Å². The van der Waals surface area contributed by atoms with E-state index in [0.717, 1.165) is 5.69 Å². The lowest BCUT2D eigenvalue weighted by Crippen LogP contribution is -2.47. The van der Waals surface area contributed by atoms with Gasteiger partial charge in [0.05, 0.1) is 5.69 Å². The van der Waals surface area contributed by atoms with Gasteiger partial charge >= 0.3 is 0 Å². The van der Waals surface area contributed by atoms with Crippen molar-refractivity contribution in [2.24, 2.45) is 0 Å². The fraction of sp³-hybridized carbons (Fsp3) is 0.600. The molecule has 5 nitrogen and oxygen atoms in total. The average molecular weight is 276 g/mol. The zero-order valence-electron chi connectivity index (χ0n) is 12.8. The van der Waals surface area contributed by atoms with Gasteiger partial charge in [0.1, 0.15) is 5.69 Å². The van der Waals surface area contributed by atoms with Gasteiger partial charge in [-0.25, -0.2) is 5.01 Å². The van der Waals surface area contributed by atoms with Crippen LogP contribution in [-0.4, -0.2) is 47.0 Å². The molecule has 1 aliphatic heterocycles. The molecule has 5 heteroatoms. The Kier molecular flexibility index (Phi) is 4.60. The van der Waals surface area contributed by atoms with Crippen molar-refractivity contribution in [3.63, 3.8) is 0 Å². The first kappa shape index (κ1) is 14.8. The number of carbonyl (C=O) groups is 1.